The van der Waals surface area contributed by atoms with Gasteiger partial charge in [-0.3, -0.25) is 20.4 Å². The van der Waals surface area contributed by atoms with Crippen LogP contribution in [0.25, 0.3) is 6.08 Å². The highest BCUT2D eigenvalue weighted by atomic mass is 32.1. The first-order valence-electron chi connectivity index (χ1n) is 7.33. The average Bonchev–Trinajstić information content (AvgIpc) is 2.97. The topological polar surface area (TPSA) is 80.3 Å². The van der Waals surface area contributed by atoms with E-state index < -0.39 is 11.8 Å². The van der Waals surface area contributed by atoms with Crippen LogP contribution in [0, 0.1) is 20.8 Å². The molecule has 2 rings (SSSR count). The Morgan fingerprint density at radius 3 is 2.75 bits per heavy atom. The minimum atomic E-state index is -0.444. The molecule has 126 valence electrons. The molecule has 0 unspecified atom stereocenters. The molecule has 0 aliphatic heterocycles. The van der Waals surface area contributed by atoms with Crippen molar-refractivity contribution in [2.45, 2.75) is 20.8 Å². The molecule has 0 aliphatic rings. The lowest BCUT2D eigenvalue weighted by Crippen LogP contribution is -2.43. The summed E-state index contributed by atoms with van der Waals surface area (Å²) in [5.74, 6) is -0.238. The van der Waals surface area contributed by atoms with Crippen LogP contribution in [0.15, 0.2) is 29.7 Å². The van der Waals surface area contributed by atoms with E-state index in [0.29, 0.717) is 11.4 Å². The molecule has 0 fully saturated rings. The van der Waals surface area contributed by atoms with Gasteiger partial charge in [-0.2, -0.15) is 0 Å². The maximum Gasteiger partial charge on any atom is 0.276 e. The molecule has 1 heterocycles. The number of carbonyl (C=O) groups is 2. The molecule has 0 saturated carbocycles. The Morgan fingerprint density at radius 1 is 1.25 bits per heavy atom. The van der Waals surface area contributed by atoms with E-state index in [1.54, 1.807) is 6.08 Å². The van der Waals surface area contributed by atoms with Gasteiger partial charge in [-0.1, -0.05) is 12.1 Å². The maximum absolute atomic E-state index is 11.7. The summed E-state index contributed by atoms with van der Waals surface area (Å²) >= 11 is 1.50. The van der Waals surface area contributed by atoms with E-state index in [-0.39, 0.29) is 6.61 Å². The van der Waals surface area contributed by atoms with Crippen LogP contribution < -0.4 is 15.6 Å². The van der Waals surface area contributed by atoms with Gasteiger partial charge in [0.15, 0.2) is 6.61 Å². The zero-order valence-corrected chi connectivity index (χ0v) is 14.6. The zero-order chi connectivity index (χ0) is 17.5. The lowest BCUT2D eigenvalue weighted by Gasteiger charge is -2.10. The fourth-order valence-corrected chi connectivity index (χ4v) is 2.41. The summed E-state index contributed by atoms with van der Waals surface area (Å²) in [4.78, 5) is 27.5. The lowest BCUT2D eigenvalue weighted by atomic mass is 10.1. The van der Waals surface area contributed by atoms with Gasteiger partial charge >= 0.3 is 0 Å². The minimum Gasteiger partial charge on any atom is -0.483 e. The van der Waals surface area contributed by atoms with Gasteiger partial charge in [0, 0.05) is 11.5 Å². The SMILES string of the molecule is Cc1ccc(C)c(OCC(=O)NNC(=O)/C=C/c2csc(C)n2)c1. The highest BCUT2D eigenvalue weighted by Gasteiger charge is 2.06. The van der Waals surface area contributed by atoms with Gasteiger partial charge < -0.3 is 4.74 Å². The summed E-state index contributed by atoms with van der Waals surface area (Å²) in [5, 5.41) is 2.77. The van der Waals surface area contributed by atoms with Crippen LogP contribution in [0.1, 0.15) is 21.8 Å². The second kappa shape index (κ2) is 8.26. The van der Waals surface area contributed by atoms with Crippen molar-refractivity contribution in [2.24, 2.45) is 0 Å². The van der Waals surface area contributed by atoms with Gasteiger partial charge in [0.05, 0.1) is 10.7 Å². The molecule has 0 spiro atoms. The second-order valence-electron chi connectivity index (χ2n) is 5.22. The van der Waals surface area contributed by atoms with Crippen molar-refractivity contribution < 1.29 is 14.3 Å². The molecule has 0 radical (unpaired) electrons. The number of nitrogens with one attached hydrogen (secondary N) is 2. The summed E-state index contributed by atoms with van der Waals surface area (Å²) in [7, 11) is 0. The molecule has 2 aromatic rings. The number of carbonyl (C=O) groups excluding carboxylic acids is 2. The molecule has 0 saturated heterocycles. The predicted molar refractivity (Wildman–Crippen MR) is 93.6 cm³/mol. The largest absolute Gasteiger partial charge is 0.483 e. The van der Waals surface area contributed by atoms with Crippen LogP contribution in [0.2, 0.25) is 0 Å². The Hall–Kier alpha value is -2.67. The first-order valence-corrected chi connectivity index (χ1v) is 8.21. The number of aryl methyl sites for hydroxylation is 3. The van der Waals surface area contributed by atoms with E-state index in [1.165, 1.54) is 17.4 Å². The summed E-state index contributed by atoms with van der Waals surface area (Å²) < 4.78 is 5.45. The Kier molecular flexibility index (Phi) is 6.08. The standard InChI is InChI=1S/C17H19N3O3S/c1-11-4-5-12(2)15(8-11)23-9-17(22)20-19-16(21)7-6-14-10-24-13(3)18-14/h4-8,10H,9H2,1-3H3,(H,19,21)(H,20,22)/b7-6+. The molecular weight excluding hydrogens is 326 g/mol. The van der Waals surface area contributed by atoms with Gasteiger partial charge in [0.2, 0.25) is 0 Å². The molecule has 2 N–H and O–H groups in total. The van der Waals surface area contributed by atoms with Crippen LogP contribution in [-0.2, 0) is 9.59 Å². The maximum atomic E-state index is 11.7. The Balaban J connectivity index is 1.75. The number of nitrogens with zero attached hydrogens (tertiary/aromatic N) is 1. The quantitative estimate of drug-likeness (QED) is 0.644. The summed E-state index contributed by atoms with van der Waals surface area (Å²) in [6.45, 7) is 5.56. The highest BCUT2D eigenvalue weighted by molar-refractivity contribution is 7.09. The van der Waals surface area contributed by atoms with E-state index in [2.05, 4.69) is 15.8 Å². The monoisotopic (exact) mass is 345 g/mol. The number of hydrogen-bond donors (Lipinski definition) is 2. The van der Waals surface area contributed by atoms with Crippen molar-refractivity contribution in [2.75, 3.05) is 6.61 Å². The molecule has 0 atom stereocenters. The van der Waals surface area contributed by atoms with Crippen LogP contribution in [-0.4, -0.2) is 23.4 Å². The van der Waals surface area contributed by atoms with Gasteiger partial charge in [-0.05, 0) is 44.0 Å². The fourth-order valence-electron chi connectivity index (χ4n) is 1.83. The van der Waals surface area contributed by atoms with Crippen molar-refractivity contribution in [3.8, 4) is 5.75 Å². The third-order valence-corrected chi connectivity index (χ3v) is 3.86. The minimum absolute atomic E-state index is 0.181. The zero-order valence-electron chi connectivity index (χ0n) is 13.8. The van der Waals surface area contributed by atoms with Gasteiger partial charge in [0.25, 0.3) is 11.8 Å². The van der Waals surface area contributed by atoms with E-state index in [1.807, 2.05) is 44.4 Å². The van der Waals surface area contributed by atoms with Crippen LogP contribution in [0.4, 0.5) is 0 Å². The number of rotatable bonds is 5. The molecule has 6 nitrogen and oxygen atoms in total. The van der Waals surface area contributed by atoms with Crippen molar-refractivity contribution in [1.29, 1.82) is 0 Å². The molecule has 0 aliphatic carbocycles. The van der Waals surface area contributed by atoms with Crippen LogP contribution in [0.3, 0.4) is 0 Å². The van der Waals surface area contributed by atoms with E-state index in [9.17, 15) is 9.59 Å². The molecular formula is C17H19N3O3S. The predicted octanol–water partition coefficient (Wildman–Crippen LogP) is 2.31. The Labute approximate surface area is 144 Å². The first kappa shape index (κ1) is 17.7. The normalized spacial score (nSPS) is 10.6. The summed E-state index contributed by atoms with van der Waals surface area (Å²) in [5.41, 5.74) is 7.28. The van der Waals surface area contributed by atoms with Gasteiger partial charge in [0.1, 0.15) is 5.75 Å². The van der Waals surface area contributed by atoms with Gasteiger partial charge in [-0.25, -0.2) is 4.98 Å². The molecule has 7 heteroatoms. The number of ether oxygens (including phenoxy) is 1. The number of aromatic nitrogens is 1. The Bertz CT molecular complexity index is 768. The van der Waals surface area contributed by atoms with Crippen molar-refractivity contribution in [3.63, 3.8) is 0 Å². The molecule has 0 bridgehead atoms. The molecule has 1 aromatic carbocycles. The van der Waals surface area contributed by atoms with E-state index >= 15 is 0 Å². The smallest absolute Gasteiger partial charge is 0.276 e. The third-order valence-electron chi connectivity index (χ3n) is 3.07. The fraction of sp³-hybridized carbons (Fsp3) is 0.235. The number of amides is 2. The highest BCUT2D eigenvalue weighted by Crippen LogP contribution is 2.18. The first-order chi connectivity index (χ1) is 11.4. The van der Waals surface area contributed by atoms with Crippen molar-refractivity contribution in [3.05, 3.63) is 51.5 Å². The van der Waals surface area contributed by atoms with Crippen molar-refractivity contribution in [1.82, 2.24) is 15.8 Å². The van der Waals surface area contributed by atoms with Gasteiger partial charge in [-0.15, -0.1) is 11.3 Å². The van der Waals surface area contributed by atoms with E-state index in [0.717, 1.165) is 16.1 Å². The number of hydrazine groups is 1. The summed E-state index contributed by atoms with van der Waals surface area (Å²) in [6.07, 6.45) is 2.89. The van der Waals surface area contributed by atoms with E-state index in [4.69, 9.17) is 4.74 Å². The van der Waals surface area contributed by atoms with Crippen LogP contribution in [0.5, 0.6) is 5.75 Å². The summed E-state index contributed by atoms with van der Waals surface area (Å²) in [6, 6.07) is 5.76. The number of benzene rings is 1. The molecule has 24 heavy (non-hydrogen) atoms. The third kappa shape index (κ3) is 5.51. The van der Waals surface area contributed by atoms with Crippen LogP contribution >= 0.6 is 11.3 Å². The second-order valence-corrected chi connectivity index (χ2v) is 6.28. The number of thiazole rings is 1. The molecule has 2 amide bonds. The average molecular weight is 345 g/mol. The number of hydrogen-bond acceptors (Lipinski definition) is 5. The van der Waals surface area contributed by atoms with Crippen molar-refractivity contribution >= 4 is 29.2 Å². The Morgan fingerprint density at radius 2 is 2.04 bits per heavy atom. The lowest BCUT2D eigenvalue weighted by molar-refractivity contribution is -0.128. The molecule has 1 aromatic heterocycles.